The van der Waals surface area contributed by atoms with Crippen molar-refractivity contribution in [3.8, 4) is 0 Å². The van der Waals surface area contributed by atoms with Gasteiger partial charge in [-0.05, 0) is 46.5 Å². The zero-order valence-electron chi connectivity index (χ0n) is 18.9. The Hall–Kier alpha value is -4.04. The molecule has 35 heavy (non-hydrogen) atoms. The monoisotopic (exact) mass is 486 g/mol. The lowest BCUT2D eigenvalue weighted by atomic mass is 9.63. The van der Waals surface area contributed by atoms with Crippen molar-refractivity contribution < 1.29 is 18.1 Å². The predicted octanol–water partition coefficient (Wildman–Crippen LogP) is 5.37. The van der Waals surface area contributed by atoms with Gasteiger partial charge in [0.15, 0.2) is 0 Å². The normalized spacial score (nSPS) is 20.0. The van der Waals surface area contributed by atoms with E-state index in [2.05, 4.69) is 0 Å². The molecule has 1 aliphatic heterocycles. The van der Waals surface area contributed by atoms with Crippen LogP contribution in [-0.2, 0) is 20.2 Å². The van der Waals surface area contributed by atoms with E-state index in [1.165, 1.54) is 12.1 Å². The molecule has 1 fully saturated rings. The second-order valence-electron chi connectivity index (χ2n) is 8.56. The number of hydrogen-bond donors (Lipinski definition) is 0. The fraction of sp³-hybridized carbons (Fsp3) is 0.148. The molecule has 0 bridgehead atoms. The lowest BCUT2D eigenvalue weighted by molar-refractivity contribution is -0.384. The molecule has 2 atom stereocenters. The van der Waals surface area contributed by atoms with Gasteiger partial charge in [-0.25, -0.2) is 12.7 Å². The Morgan fingerprint density at radius 2 is 1.51 bits per heavy atom. The number of carbonyl (C=O) groups is 1. The van der Waals surface area contributed by atoms with Gasteiger partial charge in [0.2, 0.25) is 5.91 Å². The van der Waals surface area contributed by atoms with E-state index in [9.17, 15) is 23.3 Å². The smallest absolute Gasteiger partial charge is 0.269 e. The highest BCUT2D eigenvalue weighted by Gasteiger charge is 2.65. The quantitative estimate of drug-likeness (QED) is 0.207. The molecule has 0 spiro atoms. The van der Waals surface area contributed by atoms with Crippen LogP contribution in [0.3, 0.4) is 0 Å². The van der Waals surface area contributed by atoms with Gasteiger partial charge in [0.1, 0.15) is 5.41 Å². The van der Waals surface area contributed by atoms with Crippen LogP contribution in [0.5, 0.6) is 0 Å². The third kappa shape index (κ3) is 3.40. The molecule has 1 amide bonds. The summed E-state index contributed by atoms with van der Waals surface area (Å²) < 4.78 is 28.4. The van der Waals surface area contributed by atoms with Crippen LogP contribution in [0.2, 0.25) is 0 Å². The summed E-state index contributed by atoms with van der Waals surface area (Å²) in [7, 11) is -4.27. The second-order valence-corrected chi connectivity index (χ2v) is 10.4. The van der Waals surface area contributed by atoms with E-state index < -0.39 is 32.3 Å². The molecule has 0 aromatic heterocycles. The van der Waals surface area contributed by atoms with Crippen molar-refractivity contribution in [1.29, 1.82) is 0 Å². The Labute approximate surface area is 202 Å². The number of hydrogen-bond acceptors (Lipinski definition) is 5. The fourth-order valence-electron chi connectivity index (χ4n) is 5.03. The van der Waals surface area contributed by atoms with Crippen molar-refractivity contribution >= 4 is 32.4 Å². The van der Waals surface area contributed by atoms with Gasteiger partial charge in [0.05, 0.1) is 15.9 Å². The SMILES string of the molecule is CC[C@@]1(c2ccccc2)C(=O)N(S(=O)(=O)c2ccc([N+](=O)[O-])cc2)[C@@H]1c1ccc2ccccc2c1. The fourth-order valence-corrected chi connectivity index (χ4v) is 6.70. The number of fused-ring (bicyclic) bond motifs is 1. The highest BCUT2D eigenvalue weighted by molar-refractivity contribution is 7.89. The van der Waals surface area contributed by atoms with Crippen LogP contribution in [0.1, 0.15) is 30.5 Å². The Balaban J connectivity index is 1.69. The Morgan fingerprint density at radius 3 is 2.14 bits per heavy atom. The summed E-state index contributed by atoms with van der Waals surface area (Å²) in [4.78, 5) is 24.1. The van der Waals surface area contributed by atoms with Crippen LogP contribution in [0, 0.1) is 10.1 Å². The maximum Gasteiger partial charge on any atom is 0.269 e. The summed E-state index contributed by atoms with van der Waals surface area (Å²) in [6, 6.07) is 26.6. The molecular formula is C27H22N2O5S. The van der Waals surface area contributed by atoms with Crippen LogP contribution in [-0.4, -0.2) is 23.6 Å². The Morgan fingerprint density at radius 1 is 0.886 bits per heavy atom. The molecule has 0 aliphatic carbocycles. The van der Waals surface area contributed by atoms with Gasteiger partial charge >= 0.3 is 0 Å². The molecule has 1 heterocycles. The van der Waals surface area contributed by atoms with Crippen LogP contribution in [0.15, 0.2) is 102 Å². The predicted molar refractivity (Wildman–Crippen MR) is 132 cm³/mol. The van der Waals surface area contributed by atoms with Crippen LogP contribution >= 0.6 is 0 Å². The molecule has 0 N–H and O–H groups in total. The number of rotatable bonds is 6. The Kier molecular flexibility index (Phi) is 5.40. The third-order valence-corrected chi connectivity index (χ3v) is 8.59. The molecule has 0 radical (unpaired) electrons. The minimum absolute atomic E-state index is 0.167. The van der Waals surface area contributed by atoms with Gasteiger partial charge in [-0.15, -0.1) is 0 Å². The summed E-state index contributed by atoms with van der Waals surface area (Å²) in [5.74, 6) is -0.511. The lowest BCUT2D eigenvalue weighted by Gasteiger charge is -2.55. The number of benzene rings is 4. The van der Waals surface area contributed by atoms with Crippen molar-refractivity contribution in [1.82, 2.24) is 4.31 Å². The lowest BCUT2D eigenvalue weighted by Crippen LogP contribution is -2.67. The van der Waals surface area contributed by atoms with Gasteiger partial charge < -0.3 is 0 Å². The van der Waals surface area contributed by atoms with Gasteiger partial charge in [0.25, 0.3) is 15.7 Å². The first-order chi connectivity index (χ1) is 16.8. The van der Waals surface area contributed by atoms with E-state index in [4.69, 9.17) is 0 Å². The first-order valence-electron chi connectivity index (χ1n) is 11.2. The molecule has 1 saturated heterocycles. The van der Waals surface area contributed by atoms with Crippen molar-refractivity contribution in [3.05, 3.63) is 118 Å². The molecule has 5 rings (SSSR count). The average Bonchev–Trinajstić information content (AvgIpc) is 2.88. The standard InChI is InChI=1S/C27H22N2O5S/c1-2-27(22-10-4-3-5-11-22)25(21-13-12-19-8-6-7-9-20(19)18-21)28(26(27)30)35(33,34)24-16-14-23(15-17-24)29(31)32/h3-18,25H,2H2,1H3/t25-,27+/m1/s1. The summed E-state index contributed by atoms with van der Waals surface area (Å²) in [6.45, 7) is 1.88. The minimum Gasteiger partial charge on any atom is -0.273 e. The first kappa shape index (κ1) is 22.7. The van der Waals surface area contributed by atoms with Crippen LogP contribution in [0.25, 0.3) is 10.8 Å². The summed E-state index contributed by atoms with van der Waals surface area (Å²) in [5.41, 5.74) is 0.176. The number of nitro groups is 1. The van der Waals surface area contributed by atoms with E-state index >= 15 is 0 Å². The molecular weight excluding hydrogens is 464 g/mol. The number of nitrogens with zero attached hydrogens (tertiary/aromatic N) is 2. The van der Waals surface area contributed by atoms with E-state index in [0.29, 0.717) is 12.0 Å². The number of amides is 1. The topological polar surface area (TPSA) is 97.6 Å². The van der Waals surface area contributed by atoms with E-state index in [1.807, 2.05) is 79.7 Å². The van der Waals surface area contributed by atoms with E-state index in [0.717, 1.165) is 32.8 Å². The number of nitro benzene ring substituents is 1. The summed E-state index contributed by atoms with van der Waals surface area (Å²) in [6.07, 6.45) is 0.402. The van der Waals surface area contributed by atoms with Gasteiger partial charge in [-0.2, -0.15) is 0 Å². The van der Waals surface area contributed by atoms with Crippen molar-refractivity contribution in [2.24, 2.45) is 0 Å². The van der Waals surface area contributed by atoms with Crippen molar-refractivity contribution in [2.75, 3.05) is 0 Å². The van der Waals surface area contributed by atoms with Gasteiger partial charge in [-0.3, -0.25) is 14.9 Å². The van der Waals surface area contributed by atoms with Crippen molar-refractivity contribution in [2.45, 2.75) is 29.7 Å². The summed E-state index contributed by atoms with van der Waals surface area (Å²) >= 11 is 0. The van der Waals surface area contributed by atoms with Crippen LogP contribution in [0.4, 0.5) is 5.69 Å². The third-order valence-electron chi connectivity index (χ3n) is 6.82. The van der Waals surface area contributed by atoms with Crippen molar-refractivity contribution in [3.63, 3.8) is 0 Å². The molecule has 4 aromatic rings. The van der Waals surface area contributed by atoms with Gasteiger partial charge in [-0.1, -0.05) is 73.7 Å². The molecule has 1 aliphatic rings. The number of non-ortho nitro benzene ring substituents is 1. The molecule has 176 valence electrons. The van der Waals surface area contributed by atoms with E-state index in [-0.39, 0.29) is 10.6 Å². The molecule has 0 saturated carbocycles. The first-order valence-corrected chi connectivity index (χ1v) is 12.6. The van der Waals surface area contributed by atoms with E-state index in [1.54, 1.807) is 0 Å². The molecule has 4 aromatic carbocycles. The number of sulfonamides is 1. The minimum atomic E-state index is -4.27. The van der Waals surface area contributed by atoms with Crippen LogP contribution < -0.4 is 0 Å². The summed E-state index contributed by atoms with van der Waals surface area (Å²) in [5, 5.41) is 13.0. The highest BCUT2D eigenvalue weighted by atomic mass is 32.2. The molecule has 0 unspecified atom stereocenters. The number of carbonyl (C=O) groups excluding carboxylic acids is 1. The molecule has 8 heteroatoms. The highest BCUT2D eigenvalue weighted by Crippen LogP contribution is 2.56. The van der Waals surface area contributed by atoms with Gasteiger partial charge in [0, 0.05) is 12.1 Å². The number of β-lactam (4-membered cyclic amide) rings is 1. The zero-order valence-corrected chi connectivity index (χ0v) is 19.7. The zero-order chi connectivity index (χ0) is 24.8. The average molecular weight is 487 g/mol. The molecule has 7 nitrogen and oxygen atoms in total. The Bertz CT molecular complexity index is 1550. The maximum absolute atomic E-state index is 13.8. The second kappa shape index (κ2) is 8.32. The largest absolute Gasteiger partial charge is 0.273 e. The maximum atomic E-state index is 13.8.